The van der Waals surface area contributed by atoms with Crippen LogP contribution in [-0.2, 0) is 19.1 Å². The monoisotopic (exact) mass is 870 g/mol. The van der Waals surface area contributed by atoms with Gasteiger partial charge in [0.25, 0.3) is 0 Å². The van der Waals surface area contributed by atoms with Crippen molar-refractivity contribution in [2.24, 2.45) is 11.8 Å². The molecule has 61 heavy (non-hydrogen) atoms. The molecule has 2 rings (SSSR count). The number of amides is 1. The summed E-state index contributed by atoms with van der Waals surface area (Å²) in [5.74, 6) is 1.41. The molecule has 2 fully saturated rings. The number of carbonyl (C=O) groups is 2. The van der Waals surface area contributed by atoms with Crippen LogP contribution in [0.25, 0.3) is 0 Å². The van der Waals surface area contributed by atoms with Gasteiger partial charge in [0.2, 0.25) is 5.91 Å². The molecule has 0 aromatic heterocycles. The lowest BCUT2D eigenvalue weighted by molar-refractivity contribution is -0.303. The Kier molecular flexibility index (Phi) is 31.8. The van der Waals surface area contributed by atoms with E-state index in [2.05, 4.69) is 19.2 Å². The highest BCUT2D eigenvalue weighted by Crippen LogP contribution is 2.45. The van der Waals surface area contributed by atoms with Crippen LogP contribution in [0, 0.1) is 11.8 Å². The summed E-state index contributed by atoms with van der Waals surface area (Å²) in [5, 5.41) is 75.9. The first-order valence-electron chi connectivity index (χ1n) is 25.0. The fraction of sp³-hybridized carbons (Fsp3) is 0.918. The summed E-state index contributed by atoms with van der Waals surface area (Å²) in [5.41, 5.74) is 0. The molecule has 1 amide bonds. The SMILES string of the molecule is CCCCC/C=C/C(=O)CCCCCCCCCCCC[C@@H](O)C(=O)N[C@@H](CO[C@@H]1O[C@H](CO)[C@@H](O)[C@H](O)[C@H]1O)[C@H](O)[C@H](O)CCCCCCCC[C@H]1C[C@H]1CCCCCC. The summed E-state index contributed by atoms with van der Waals surface area (Å²) in [7, 11) is 0. The molecule has 1 aliphatic heterocycles. The first-order valence-corrected chi connectivity index (χ1v) is 25.0. The maximum absolute atomic E-state index is 13.1. The third-order valence-corrected chi connectivity index (χ3v) is 13.0. The lowest BCUT2D eigenvalue weighted by atomic mass is 9.98. The topological polar surface area (TPSA) is 206 Å². The second kappa shape index (κ2) is 34.9. The highest BCUT2D eigenvalue weighted by Gasteiger charge is 2.44. The fourth-order valence-corrected chi connectivity index (χ4v) is 8.66. The largest absolute Gasteiger partial charge is 0.394 e. The molecule has 358 valence electrons. The highest BCUT2D eigenvalue weighted by molar-refractivity contribution is 5.89. The smallest absolute Gasteiger partial charge is 0.249 e. The first kappa shape index (κ1) is 55.7. The van der Waals surface area contributed by atoms with Gasteiger partial charge in [0.05, 0.1) is 25.4 Å². The van der Waals surface area contributed by atoms with Gasteiger partial charge in [-0.2, -0.15) is 0 Å². The Morgan fingerprint density at radius 1 is 0.672 bits per heavy atom. The highest BCUT2D eigenvalue weighted by atomic mass is 16.7. The fourth-order valence-electron chi connectivity index (χ4n) is 8.66. The summed E-state index contributed by atoms with van der Waals surface area (Å²) >= 11 is 0. The number of ether oxygens (including phenoxy) is 2. The number of rotatable bonds is 40. The Morgan fingerprint density at radius 2 is 1.20 bits per heavy atom. The van der Waals surface area contributed by atoms with Crippen molar-refractivity contribution in [2.75, 3.05) is 13.2 Å². The van der Waals surface area contributed by atoms with Crippen molar-refractivity contribution in [2.45, 2.75) is 262 Å². The lowest BCUT2D eigenvalue weighted by Crippen LogP contribution is -2.60. The molecule has 0 spiro atoms. The minimum Gasteiger partial charge on any atom is -0.394 e. The van der Waals surface area contributed by atoms with E-state index < -0.39 is 74.2 Å². The third-order valence-electron chi connectivity index (χ3n) is 13.0. The molecule has 12 heteroatoms. The maximum Gasteiger partial charge on any atom is 0.249 e. The van der Waals surface area contributed by atoms with Crippen molar-refractivity contribution in [1.29, 1.82) is 0 Å². The van der Waals surface area contributed by atoms with Gasteiger partial charge in [-0.25, -0.2) is 0 Å². The molecule has 0 radical (unpaired) electrons. The number of aliphatic hydroxyl groups excluding tert-OH is 7. The number of hydrogen-bond acceptors (Lipinski definition) is 11. The first-order chi connectivity index (χ1) is 29.5. The zero-order valence-electron chi connectivity index (χ0n) is 38.4. The molecule has 2 aliphatic rings. The van der Waals surface area contributed by atoms with E-state index in [4.69, 9.17) is 9.47 Å². The van der Waals surface area contributed by atoms with Crippen LogP contribution in [0.3, 0.4) is 0 Å². The zero-order valence-corrected chi connectivity index (χ0v) is 38.4. The normalized spacial score (nSPS) is 24.8. The Labute approximate surface area is 369 Å². The van der Waals surface area contributed by atoms with E-state index in [9.17, 15) is 45.3 Å². The molecule has 1 saturated carbocycles. The third kappa shape index (κ3) is 25.0. The second-order valence-corrected chi connectivity index (χ2v) is 18.5. The molecule has 0 unspecified atom stereocenters. The molecule has 0 aromatic carbocycles. The average molecular weight is 870 g/mol. The van der Waals surface area contributed by atoms with Crippen LogP contribution < -0.4 is 5.32 Å². The van der Waals surface area contributed by atoms with E-state index in [-0.39, 0.29) is 12.2 Å². The number of nitrogens with one attached hydrogen (secondary N) is 1. The van der Waals surface area contributed by atoms with Gasteiger partial charge >= 0.3 is 0 Å². The Hall–Kier alpha value is -1.48. The van der Waals surface area contributed by atoms with Crippen molar-refractivity contribution >= 4 is 11.7 Å². The summed E-state index contributed by atoms with van der Waals surface area (Å²) in [6.45, 7) is 3.36. The molecular formula is C49H91NO11. The van der Waals surface area contributed by atoms with Crippen molar-refractivity contribution < 1.29 is 54.8 Å². The quantitative estimate of drug-likeness (QED) is 0.0224. The maximum atomic E-state index is 13.1. The number of aliphatic hydroxyl groups is 7. The molecule has 1 heterocycles. The van der Waals surface area contributed by atoms with Crippen molar-refractivity contribution in [3.05, 3.63) is 12.2 Å². The van der Waals surface area contributed by atoms with Crippen LogP contribution in [0.15, 0.2) is 12.2 Å². The number of hydrogen-bond donors (Lipinski definition) is 8. The molecule has 0 aromatic rings. The number of unbranched alkanes of at least 4 members (excludes halogenated alkanes) is 20. The molecule has 1 aliphatic carbocycles. The van der Waals surface area contributed by atoms with Crippen LogP contribution in [0.4, 0.5) is 0 Å². The molecule has 11 atom stereocenters. The van der Waals surface area contributed by atoms with Gasteiger partial charge in [-0.1, -0.05) is 168 Å². The van der Waals surface area contributed by atoms with Crippen LogP contribution in [0.5, 0.6) is 0 Å². The van der Waals surface area contributed by atoms with E-state index >= 15 is 0 Å². The molecular weight excluding hydrogens is 779 g/mol. The zero-order chi connectivity index (χ0) is 44.7. The summed E-state index contributed by atoms with van der Waals surface area (Å²) in [6.07, 6.45) is 23.9. The summed E-state index contributed by atoms with van der Waals surface area (Å²) < 4.78 is 11.1. The van der Waals surface area contributed by atoms with Gasteiger partial charge in [-0.05, 0) is 56.4 Å². The Morgan fingerprint density at radius 3 is 1.79 bits per heavy atom. The Balaban J connectivity index is 1.68. The van der Waals surface area contributed by atoms with Gasteiger partial charge in [0, 0.05) is 6.42 Å². The van der Waals surface area contributed by atoms with Gasteiger partial charge in [-0.3, -0.25) is 9.59 Å². The standard InChI is InChI=1S/C49H91NO11/c1-3-5-7-17-24-30-39(52)31-25-19-13-11-9-10-12-14-21-27-33-42(54)48(59)50-40(36-60-49-47(58)46(57)45(56)43(35-51)61-49)44(55)41(53)32-26-20-16-15-18-23-29-38-34-37(38)28-22-8-6-4-2/h24,30,37-38,40-47,49,51,53-58H,3-23,25-29,31-36H2,1-2H3,(H,50,59)/b30-24+/t37-,38+,40+,41-,42-,43-,44+,45-,46+,47-,49-/m1/s1. The predicted octanol–water partition coefficient (Wildman–Crippen LogP) is 7.48. The summed E-state index contributed by atoms with van der Waals surface area (Å²) in [6, 6.07) is -1.18. The number of carbonyl (C=O) groups excluding carboxylic acids is 2. The predicted molar refractivity (Wildman–Crippen MR) is 241 cm³/mol. The van der Waals surface area contributed by atoms with E-state index in [0.717, 1.165) is 102 Å². The van der Waals surface area contributed by atoms with Crippen LogP contribution in [0.1, 0.15) is 206 Å². The Bertz CT molecular complexity index is 1120. The molecule has 8 N–H and O–H groups in total. The van der Waals surface area contributed by atoms with Crippen molar-refractivity contribution in [3.8, 4) is 0 Å². The number of allylic oxidation sites excluding steroid dienone is 2. The minimum atomic E-state index is -1.67. The van der Waals surface area contributed by atoms with E-state index in [1.165, 1.54) is 70.6 Å². The van der Waals surface area contributed by atoms with E-state index in [1.807, 2.05) is 6.08 Å². The van der Waals surface area contributed by atoms with Crippen LogP contribution in [0.2, 0.25) is 0 Å². The van der Waals surface area contributed by atoms with Crippen molar-refractivity contribution in [3.63, 3.8) is 0 Å². The van der Waals surface area contributed by atoms with Gasteiger partial charge in [0.1, 0.15) is 36.6 Å². The van der Waals surface area contributed by atoms with E-state index in [1.54, 1.807) is 6.08 Å². The van der Waals surface area contributed by atoms with Gasteiger partial charge in [0.15, 0.2) is 12.1 Å². The second-order valence-electron chi connectivity index (χ2n) is 18.5. The summed E-state index contributed by atoms with van der Waals surface area (Å²) in [4.78, 5) is 25.1. The van der Waals surface area contributed by atoms with Gasteiger partial charge < -0.3 is 50.5 Å². The van der Waals surface area contributed by atoms with Gasteiger partial charge in [-0.15, -0.1) is 0 Å². The van der Waals surface area contributed by atoms with E-state index in [0.29, 0.717) is 25.7 Å². The number of ketones is 1. The average Bonchev–Trinajstić information content (AvgIpc) is 4.01. The molecule has 12 nitrogen and oxygen atoms in total. The lowest BCUT2D eigenvalue weighted by Gasteiger charge is -2.40. The van der Waals surface area contributed by atoms with Crippen molar-refractivity contribution in [1.82, 2.24) is 5.32 Å². The minimum absolute atomic E-state index is 0.234. The molecule has 1 saturated heterocycles. The van der Waals surface area contributed by atoms with Crippen LogP contribution >= 0.6 is 0 Å². The van der Waals surface area contributed by atoms with Crippen LogP contribution in [-0.4, -0.2) is 116 Å². The molecule has 0 bridgehead atoms.